The normalized spacial score (nSPS) is 18.6. The number of hydrogen-bond acceptors (Lipinski definition) is 1. The SMILES string of the molecule is C[C@@H](c1ccccc1)N1CCCC1=O. The third-order valence-electron chi connectivity index (χ3n) is 2.86. The van der Waals surface area contributed by atoms with Crippen LogP contribution in [0.25, 0.3) is 0 Å². The van der Waals surface area contributed by atoms with Crippen molar-refractivity contribution < 1.29 is 4.79 Å². The van der Waals surface area contributed by atoms with Gasteiger partial charge in [0.2, 0.25) is 5.91 Å². The van der Waals surface area contributed by atoms with Crippen LogP contribution in [-0.4, -0.2) is 17.4 Å². The van der Waals surface area contributed by atoms with Gasteiger partial charge in [-0.15, -0.1) is 0 Å². The summed E-state index contributed by atoms with van der Waals surface area (Å²) in [6.45, 7) is 3.01. The maximum absolute atomic E-state index is 11.5. The van der Waals surface area contributed by atoms with Gasteiger partial charge in [-0.2, -0.15) is 0 Å². The van der Waals surface area contributed by atoms with Crippen LogP contribution >= 0.6 is 0 Å². The van der Waals surface area contributed by atoms with Crippen LogP contribution in [0, 0.1) is 0 Å². The fraction of sp³-hybridized carbons (Fsp3) is 0.417. The summed E-state index contributed by atoms with van der Waals surface area (Å²) in [5.74, 6) is 0.293. The summed E-state index contributed by atoms with van der Waals surface area (Å²) in [4.78, 5) is 13.5. The highest BCUT2D eigenvalue weighted by Gasteiger charge is 2.25. The van der Waals surface area contributed by atoms with E-state index in [1.807, 2.05) is 23.1 Å². The molecule has 14 heavy (non-hydrogen) atoms. The van der Waals surface area contributed by atoms with Crippen molar-refractivity contribution in [2.75, 3.05) is 6.54 Å². The molecule has 0 spiro atoms. The molecule has 0 bridgehead atoms. The van der Waals surface area contributed by atoms with E-state index in [0.717, 1.165) is 19.4 Å². The van der Waals surface area contributed by atoms with Crippen molar-refractivity contribution in [3.63, 3.8) is 0 Å². The van der Waals surface area contributed by atoms with Gasteiger partial charge in [-0.25, -0.2) is 0 Å². The molecule has 2 heteroatoms. The number of amides is 1. The largest absolute Gasteiger partial charge is 0.336 e. The summed E-state index contributed by atoms with van der Waals surface area (Å²) < 4.78 is 0. The molecule has 1 aromatic rings. The lowest BCUT2D eigenvalue weighted by molar-refractivity contribution is -0.129. The molecule has 2 nitrogen and oxygen atoms in total. The van der Waals surface area contributed by atoms with Crippen molar-refractivity contribution in [3.8, 4) is 0 Å². The van der Waals surface area contributed by atoms with Crippen LogP contribution in [0.3, 0.4) is 0 Å². The molecule has 1 aliphatic heterocycles. The second kappa shape index (κ2) is 3.82. The van der Waals surface area contributed by atoms with Gasteiger partial charge in [-0.05, 0) is 18.9 Å². The molecule has 1 aromatic carbocycles. The Bertz CT molecular complexity index is 320. The average molecular weight is 189 g/mol. The standard InChI is InChI=1S/C12H15NO/c1-10(11-6-3-2-4-7-11)13-9-5-8-12(13)14/h2-4,6-7,10H,5,8-9H2,1H3/t10-/m0/s1. The van der Waals surface area contributed by atoms with Crippen LogP contribution in [0.1, 0.15) is 31.4 Å². The maximum atomic E-state index is 11.5. The summed E-state index contributed by atoms with van der Waals surface area (Å²) in [6, 6.07) is 10.4. The van der Waals surface area contributed by atoms with Crippen molar-refractivity contribution in [3.05, 3.63) is 35.9 Å². The molecule has 0 aromatic heterocycles. The first-order valence-corrected chi connectivity index (χ1v) is 5.13. The van der Waals surface area contributed by atoms with Crippen LogP contribution in [0.5, 0.6) is 0 Å². The zero-order valence-corrected chi connectivity index (χ0v) is 8.44. The Hall–Kier alpha value is -1.31. The third-order valence-corrected chi connectivity index (χ3v) is 2.86. The molecular weight excluding hydrogens is 174 g/mol. The van der Waals surface area contributed by atoms with E-state index in [0.29, 0.717) is 5.91 Å². The van der Waals surface area contributed by atoms with E-state index in [-0.39, 0.29) is 6.04 Å². The Morgan fingerprint density at radius 3 is 2.57 bits per heavy atom. The van der Waals surface area contributed by atoms with Gasteiger partial charge in [0.1, 0.15) is 0 Å². The van der Waals surface area contributed by atoms with Gasteiger partial charge >= 0.3 is 0 Å². The Labute approximate surface area is 84.5 Å². The molecule has 1 fully saturated rings. The zero-order chi connectivity index (χ0) is 9.97. The summed E-state index contributed by atoms with van der Waals surface area (Å²) in [7, 11) is 0. The van der Waals surface area contributed by atoms with E-state index < -0.39 is 0 Å². The van der Waals surface area contributed by atoms with Gasteiger partial charge in [0.05, 0.1) is 6.04 Å². The van der Waals surface area contributed by atoms with Gasteiger partial charge in [0.15, 0.2) is 0 Å². The van der Waals surface area contributed by atoms with Gasteiger partial charge in [0, 0.05) is 13.0 Å². The summed E-state index contributed by atoms with van der Waals surface area (Å²) >= 11 is 0. The Balaban J connectivity index is 2.16. The van der Waals surface area contributed by atoms with E-state index in [2.05, 4.69) is 19.1 Å². The Morgan fingerprint density at radius 2 is 2.00 bits per heavy atom. The number of carbonyl (C=O) groups excluding carboxylic acids is 1. The van der Waals surface area contributed by atoms with E-state index >= 15 is 0 Å². The Morgan fingerprint density at radius 1 is 1.29 bits per heavy atom. The van der Waals surface area contributed by atoms with Crippen LogP contribution in [-0.2, 0) is 4.79 Å². The van der Waals surface area contributed by atoms with Crippen molar-refractivity contribution >= 4 is 5.91 Å². The molecule has 0 aliphatic carbocycles. The smallest absolute Gasteiger partial charge is 0.223 e. The van der Waals surface area contributed by atoms with Gasteiger partial charge in [-0.3, -0.25) is 4.79 Å². The number of likely N-dealkylation sites (tertiary alicyclic amines) is 1. The minimum atomic E-state index is 0.228. The van der Waals surface area contributed by atoms with Crippen LogP contribution in [0.2, 0.25) is 0 Å². The minimum Gasteiger partial charge on any atom is -0.336 e. The summed E-state index contributed by atoms with van der Waals surface area (Å²) in [5, 5.41) is 0. The molecule has 2 rings (SSSR count). The minimum absolute atomic E-state index is 0.228. The molecule has 0 saturated carbocycles. The molecule has 1 atom stereocenters. The van der Waals surface area contributed by atoms with Crippen molar-refractivity contribution in [2.24, 2.45) is 0 Å². The van der Waals surface area contributed by atoms with Crippen molar-refractivity contribution in [1.82, 2.24) is 4.90 Å². The molecule has 74 valence electrons. The average Bonchev–Trinajstić information content (AvgIpc) is 2.65. The van der Waals surface area contributed by atoms with E-state index in [4.69, 9.17) is 0 Å². The highest BCUT2D eigenvalue weighted by molar-refractivity contribution is 5.78. The lowest BCUT2D eigenvalue weighted by Crippen LogP contribution is -2.27. The van der Waals surface area contributed by atoms with Gasteiger partial charge < -0.3 is 4.90 Å². The monoisotopic (exact) mass is 189 g/mol. The summed E-state index contributed by atoms with van der Waals surface area (Å²) in [5.41, 5.74) is 1.22. The molecule has 0 unspecified atom stereocenters. The number of benzene rings is 1. The topological polar surface area (TPSA) is 20.3 Å². The maximum Gasteiger partial charge on any atom is 0.223 e. The van der Waals surface area contributed by atoms with Gasteiger partial charge in [-0.1, -0.05) is 30.3 Å². The van der Waals surface area contributed by atoms with E-state index in [1.165, 1.54) is 5.56 Å². The van der Waals surface area contributed by atoms with Crippen LogP contribution < -0.4 is 0 Å². The summed E-state index contributed by atoms with van der Waals surface area (Å²) in [6.07, 6.45) is 1.73. The molecule has 0 radical (unpaired) electrons. The molecule has 0 N–H and O–H groups in total. The molecule has 1 aliphatic rings. The lowest BCUT2D eigenvalue weighted by Gasteiger charge is -2.24. The lowest BCUT2D eigenvalue weighted by atomic mass is 10.1. The highest BCUT2D eigenvalue weighted by atomic mass is 16.2. The molecule has 1 amide bonds. The number of hydrogen-bond donors (Lipinski definition) is 0. The predicted molar refractivity (Wildman–Crippen MR) is 55.8 cm³/mol. The zero-order valence-electron chi connectivity index (χ0n) is 8.44. The first kappa shape index (κ1) is 9.25. The number of nitrogens with zero attached hydrogens (tertiary/aromatic N) is 1. The first-order valence-electron chi connectivity index (χ1n) is 5.13. The number of carbonyl (C=O) groups is 1. The number of rotatable bonds is 2. The van der Waals surface area contributed by atoms with E-state index in [9.17, 15) is 4.79 Å². The fourth-order valence-electron chi connectivity index (χ4n) is 1.99. The van der Waals surface area contributed by atoms with E-state index in [1.54, 1.807) is 0 Å². The first-order chi connectivity index (χ1) is 6.79. The molecule has 1 saturated heterocycles. The predicted octanol–water partition coefficient (Wildman–Crippen LogP) is 2.37. The van der Waals surface area contributed by atoms with Crippen molar-refractivity contribution in [1.29, 1.82) is 0 Å². The van der Waals surface area contributed by atoms with Gasteiger partial charge in [0.25, 0.3) is 0 Å². The molecular formula is C12H15NO. The molecule has 1 heterocycles. The Kier molecular flexibility index (Phi) is 2.53. The highest BCUT2D eigenvalue weighted by Crippen LogP contribution is 2.24. The fourth-order valence-corrected chi connectivity index (χ4v) is 1.99. The van der Waals surface area contributed by atoms with Crippen LogP contribution in [0.4, 0.5) is 0 Å². The quantitative estimate of drug-likeness (QED) is 0.699. The van der Waals surface area contributed by atoms with Crippen molar-refractivity contribution in [2.45, 2.75) is 25.8 Å². The third kappa shape index (κ3) is 1.65. The second-order valence-corrected chi connectivity index (χ2v) is 3.78. The van der Waals surface area contributed by atoms with Crippen LogP contribution in [0.15, 0.2) is 30.3 Å². The second-order valence-electron chi connectivity index (χ2n) is 3.78.